The van der Waals surface area contributed by atoms with E-state index in [4.69, 9.17) is 4.74 Å². The number of rotatable bonds is 4. The van der Waals surface area contributed by atoms with E-state index in [1.165, 1.54) is 0 Å². The first kappa shape index (κ1) is 12.6. The SMILES string of the molecule is COCC1CCN(C(=O)Cc2cccs2)CC1. The molecule has 0 saturated carbocycles. The summed E-state index contributed by atoms with van der Waals surface area (Å²) in [5.41, 5.74) is 0. The zero-order chi connectivity index (χ0) is 12.1. The molecule has 0 N–H and O–H groups in total. The Labute approximate surface area is 106 Å². The second kappa shape index (κ2) is 6.17. The lowest BCUT2D eigenvalue weighted by Crippen LogP contribution is -2.40. The minimum atomic E-state index is 0.267. The lowest BCUT2D eigenvalue weighted by Gasteiger charge is -2.31. The lowest BCUT2D eigenvalue weighted by molar-refractivity contribution is -0.132. The summed E-state index contributed by atoms with van der Waals surface area (Å²) in [7, 11) is 1.74. The van der Waals surface area contributed by atoms with E-state index in [0.29, 0.717) is 12.3 Å². The molecule has 0 unspecified atom stereocenters. The van der Waals surface area contributed by atoms with E-state index in [9.17, 15) is 4.79 Å². The van der Waals surface area contributed by atoms with E-state index < -0.39 is 0 Å². The summed E-state index contributed by atoms with van der Waals surface area (Å²) in [6, 6.07) is 4.03. The van der Waals surface area contributed by atoms with Crippen molar-refractivity contribution in [2.24, 2.45) is 5.92 Å². The van der Waals surface area contributed by atoms with E-state index in [1.54, 1.807) is 18.4 Å². The molecule has 1 aliphatic rings. The maximum atomic E-state index is 12.0. The number of hydrogen-bond acceptors (Lipinski definition) is 3. The number of thiophene rings is 1. The first-order valence-corrected chi connectivity index (χ1v) is 6.96. The Kier molecular flexibility index (Phi) is 4.57. The first-order valence-electron chi connectivity index (χ1n) is 6.08. The Bertz CT molecular complexity index is 342. The molecule has 0 bridgehead atoms. The quantitative estimate of drug-likeness (QED) is 0.823. The van der Waals surface area contributed by atoms with Crippen molar-refractivity contribution in [1.82, 2.24) is 4.90 Å². The molecule has 2 rings (SSSR count). The Balaban J connectivity index is 1.78. The van der Waals surface area contributed by atoms with E-state index in [0.717, 1.165) is 37.4 Å². The molecule has 1 saturated heterocycles. The van der Waals surface area contributed by atoms with Crippen molar-refractivity contribution in [3.63, 3.8) is 0 Å². The van der Waals surface area contributed by atoms with Crippen LogP contribution in [0.4, 0.5) is 0 Å². The molecule has 1 aliphatic heterocycles. The topological polar surface area (TPSA) is 29.5 Å². The van der Waals surface area contributed by atoms with Gasteiger partial charge in [0.2, 0.25) is 5.91 Å². The number of carbonyl (C=O) groups excluding carboxylic acids is 1. The lowest BCUT2D eigenvalue weighted by atomic mass is 9.97. The van der Waals surface area contributed by atoms with Crippen molar-refractivity contribution in [1.29, 1.82) is 0 Å². The van der Waals surface area contributed by atoms with Crippen molar-refractivity contribution in [2.75, 3.05) is 26.8 Å². The molecule has 0 spiro atoms. The van der Waals surface area contributed by atoms with Crippen LogP contribution in [0.15, 0.2) is 17.5 Å². The van der Waals surface area contributed by atoms with Crippen LogP contribution in [0.1, 0.15) is 17.7 Å². The van der Waals surface area contributed by atoms with Gasteiger partial charge in [0.05, 0.1) is 6.42 Å². The molecule has 1 fully saturated rings. The molecule has 1 amide bonds. The van der Waals surface area contributed by atoms with E-state index in [2.05, 4.69) is 0 Å². The van der Waals surface area contributed by atoms with Crippen molar-refractivity contribution in [3.8, 4) is 0 Å². The van der Waals surface area contributed by atoms with Gasteiger partial charge in [0.1, 0.15) is 0 Å². The standard InChI is InChI=1S/C13H19NO2S/c1-16-10-11-4-6-14(7-5-11)13(15)9-12-3-2-8-17-12/h2-3,8,11H,4-7,9-10H2,1H3. The van der Waals surface area contributed by atoms with Gasteiger partial charge in [0.25, 0.3) is 0 Å². The predicted octanol–water partition coefficient (Wildman–Crippen LogP) is 2.18. The van der Waals surface area contributed by atoms with Gasteiger partial charge in [-0.1, -0.05) is 6.07 Å². The van der Waals surface area contributed by atoms with Crippen LogP contribution in [0.5, 0.6) is 0 Å². The molecule has 1 aromatic heterocycles. The number of piperidine rings is 1. The van der Waals surface area contributed by atoms with Crippen LogP contribution < -0.4 is 0 Å². The highest BCUT2D eigenvalue weighted by molar-refractivity contribution is 7.10. The monoisotopic (exact) mass is 253 g/mol. The molecular weight excluding hydrogens is 234 g/mol. The van der Waals surface area contributed by atoms with Crippen molar-refractivity contribution < 1.29 is 9.53 Å². The maximum absolute atomic E-state index is 12.0. The molecule has 1 aromatic rings. The average Bonchev–Trinajstić information content (AvgIpc) is 2.83. The first-order chi connectivity index (χ1) is 8.29. The Morgan fingerprint density at radius 1 is 1.53 bits per heavy atom. The Morgan fingerprint density at radius 2 is 2.29 bits per heavy atom. The largest absolute Gasteiger partial charge is 0.384 e. The summed E-state index contributed by atoms with van der Waals surface area (Å²) in [4.78, 5) is 15.2. The second-order valence-corrected chi connectivity index (χ2v) is 5.57. The minimum absolute atomic E-state index is 0.267. The van der Waals surface area contributed by atoms with Gasteiger partial charge in [0.15, 0.2) is 0 Å². The van der Waals surface area contributed by atoms with Crippen LogP contribution in [-0.4, -0.2) is 37.6 Å². The van der Waals surface area contributed by atoms with Gasteiger partial charge in [-0.25, -0.2) is 0 Å². The van der Waals surface area contributed by atoms with Crippen molar-refractivity contribution in [3.05, 3.63) is 22.4 Å². The molecule has 0 aromatic carbocycles. The average molecular weight is 253 g/mol. The zero-order valence-electron chi connectivity index (χ0n) is 10.2. The third-order valence-electron chi connectivity index (χ3n) is 3.28. The van der Waals surface area contributed by atoms with E-state index in [1.807, 2.05) is 22.4 Å². The third-order valence-corrected chi connectivity index (χ3v) is 4.15. The smallest absolute Gasteiger partial charge is 0.227 e. The highest BCUT2D eigenvalue weighted by Crippen LogP contribution is 2.19. The molecule has 0 atom stereocenters. The van der Waals surface area contributed by atoms with Gasteiger partial charge < -0.3 is 9.64 Å². The number of hydrogen-bond donors (Lipinski definition) is 0. The fourth-order valence-corrected chi connectivity index (χ4v) is 2.95. The summed E-state index contributed by atoms with van der Waals surface area (Å²) in [6.07, 6.45) is 2.71. The van der Waals surface area contributed by atoms with Crippen LogP contribution in [-0.2, 0) is 16.0 Å². The van der Waals surface area contributed by atoms with Crippen LogP contribution >= 0.6 is 11.3 Å². The minimum Gasteiger partial charge on any atom is -0.384 e. The summed E-state index contributed by atoms with van der Waals surface area (Å²) in [6.45, 7) is 2.60. The zero-order valence-corrected chi connectivity index (χ0v) is 11.0. The van der Waals surface area contributed by atoms with E-state index in [-0.39, 0.29) is 5.91 Å². The highest BCUT2D eigenvalue weighted by atomic mass is 32.1. The van der Waals surface area contributed by atoms with Gasteiger partial charge in [0, 0.05) is 31.7 Å². The van der Waals surface area contributed by atoms with Gasteiger partial charge in [-0.2, -0.15) is 0 Å². The molecule has 94 valence electrons. The van der Waals surface area contributed by atoms with Crippen LogP contribution in [0.25, 0.3) is 0 Å². The summed E-state index contributed by atoms with van der Waals surface area (Å²) >= 11 is 1.66. The van der Waals surface area contributed by atoms with Crippen LogP contribution in [0, 0.1) is 5.92 Å². The molecule has 0 radical (unpaired) electrons. The molecular formula is C13H19NO2S. The molecule has 4 heteroatoms. The van der Waals surface area contributed by atoms with Gasteiger partial charge in [-0.3, -0.25) is 4.79 Å². The normalized spacial score (nSPS) is 17.4. The van der Waals surface area contributed by atoms with Gasteiger partial charge in [-0.05, 0) is 30.2 Å². The van der Waals surface area contributed by atoms with Crippen LogP contribution in [0.2, 0.25) is 0 Å². The predicted molar refractivity (Wildman–Crippen MR) is 69.2 cm³/mol. The summed E-state index contributed by atoms with van der Waals surface area (Å²) < 4.78 is 5.16. The molecule has 2 heterocycles. The Morgan fingerprint density at radius 3 is 2.88 bits per heavy atom. The Hall–Kier alpha value is -0.870. The number of ether oxygens (including phenoxy) is 1. The van der Waals surface area contributed by atoms with Crippen LogP contribution in [0.3, 0.4) is 0 Å². The number of carbonyl (C=O) groups is 1. The highest BCUT2D eigenvalue weighted by Gasteiger charge is 2.22. The summed E-state index contributed by atoms with van der Waals surface area (Å²) in [5, 5.41) is 2.02. The van der Waals surface area contributed by atoms with Gasteiger partial charge >= 0.3 is 0 Å². The maximum Gasteiger partial charge on any atom is 0.227 e. The fraction of sp³-hybridized carbons (Fsp3) is 0.615. The summed E-state index contributed by atoms with van der Waals surface area (Å²) in [5.74, 6) is 0.897. The fourth-order valence-electron chi connectivity index (χ4n) is 2.26. The number of nitrogens with zero attached hydrogens (tertiary/aromatic N) is 1. The number of methoxy groups -OCH3 is 1. The van der Waals surface area contributed by atoms with Crippen molar-refractivity contribution in [2.45, 2.75) is 19.3 Å². The molecule has 17 heavy (non-hydrogen) atoms. The van der Waals surface area contributed by atoms with Gasteiger partial charge in [-0.15, -0.1) is 11.3 Å². The third kappa shape index (κ3) is 3.54. The van der Waals surface area contributed by atoms with Crippen molar-refractivity contribution >= 4 is 17.2 Å². The number of likely N-dealkylation sites (tertiary alicyclic amines) is 1. The molecule has 3 nitrogen and oxygen atoms in total. The van der Waals surface area contributed by atoms with E-state index >= 15 is 0 Å². The number of amides is 1. The molecule has 0 aliphatic carbocycles. The second-order valence-electron chi connectivity index (χ2n) is 4.54.